The lowest BCUT2D eigenvalue weighted by molar-refractivity contribution is -0.116. The number of nitrogens with zero attached hydrogens (tertiary/aromatic N) is 4. The maximum atomic E-state index is 12.3. The zero-order valence-electron chi connectivity index (χ0n) is 21.6. The maximum absolute atomic E-state index is 12.3. The third kappa shape index (κ3) is 7.29. The lowest BCUT2D eigenvalue weighted by atomic mass is 9.96. The van der Waals surface area contributed by atoms with Crippen LogP contribution in [0.3, 0.4) is 0 Å². The first-order chi connectivity index (χ1) is 18.2. The monoisotopic (exact) mass is 498 g/mol. The van der Waals surface area contributed by atoms with Crippen LogP contribution in [0.4, 0.5) is 17.3 Å². The summed E-state index contributed by atoms with van der Waals surface area (Å²) in [6.07, 6.45) is 9.67. The molecule has 2 N–H and O–H groups in total. The smallest absolute Gasteiger partial charge is 0.225 e. The predicted molar refractivity (Wildman–Crippen MR) is 150 cm³/mol. The van der Waals surface area contributed by atoms with Crippen LogP contribution in [-0.4, -0.2) is 54.6 Å². The van der Waals surface area contributed by atoms with E-state index in [2.05, 4.69) is 54.7 Å². The van der Waals surface area contributed by atoms with Gasteiger partial charge < -0.3 is 20.4 Å². The molecule has 0 saturated carbocycles. The Labute approximate surface area is 220 Å². The fraction of sp³-hybridized carbons (Fsp3) is 0.433. The van der Waals surface area contributed by atoms with Crippen LogP contribution in [0, 0.1) is 5.92 Å². The van der Waals surface area contributed by atoms with Crippen molar-refractivity contribution >= 4 is 23.2 Å². The molecule has 0 spiro atoms. The molecule has 0 bridgehead atoms. The van der Waals surface area contributed by atoms with Crippen LogP contribution < -0.4 is 20.4 Å². The van der Waals surface area contributed by atoms with Gasteiger partial charge in [0.15, 0.2) is 0 Å². The van der Waals surface area contributed by atoms with Gasteiger partial charge in [0.05, 0.1) is 0 Å². The average molecular weight is 499 g/mol. The van der Waals surface area contributed by atoms with Gasteiger partial charge in [-0.2, -0.15) is 0 Å². The number of carbonyl (C=O) groups is 1. The summed E-state index contributed by atoms with van der Waals surface area (Å²) in [6, 6.07) is 20.9. The number of carbonyl (C=O) groups excluding carboxylic acids is 1. The Hall–Kier alpha value is -3.45. The number of piperidine rings is 2. The highest BCUT2D eigenvalue weighted by atomic mass is 16.1. The van der Waals surface area contributed by atoms with Gasteiger partial charge in [0, 0.05) is 62.4 Å². The largest absolute Gasteiger partial charge is 0.371 e. The Morgan fingerprint density at radius 1 is 0.865 bits per heavy atom. The van der Waals surface area contributed by atoms with E-state index in [-0.39, 0.29) is 5.91 Å². The molecular weight excluding hydrogens is 460 g/mol. The maximum Gasteiger partial charge on any atom is 0.225 e. The van der Waals surface area contributed by atoms with Gasteiger partial charge in [0.1, 0.15) is 0 Å². The number of hydrogen-bond donors (Lipinski definition) is 2. The van der Waals surface area contributed by atoms with Crippen LogP contribution in [0.1, 0.15) is 37.7 Å². The van der Waals surface area contributed by atoms with E-state index >= 15 is 0 Å². The van der Waals surface area contributed by atoms with Crippen LogP contribution >= 0.6 is 0 Å². The number of rotatable bonds is 9. The second kappa shape index (κ2) is 12.7. The fourth-order valence-corrected chi connectivity index (χ4v) is 5.42. The summed E-state index contributed by atoms with van der Waals surface area (Å²) in [7, 11) is 0. The number of nitrogens with one attached hydrogen (secondary N) is 2. The molecule has 2 saturated heterocycles. The van der Waals surface area contributed by atoms with E-state index in [4.69, 9.17) is 0 Å². The minimum Gasteiger partial charge on any atom is -0.371 e. The van der Waals surface area contributed by atoms with Gasteiger partial charge in [-0.25, -0.2) is 9.97 Å². The molecule has 1 amide bonds. The lowest BCUT2D eigenvalue weighted by Gasteiger charge is -2.36. The second-order valence-corrected chi connectivity index (χ2v) is 10.3. The molecule has 2 aliphatic heterocycles. The summed E-state index contributed by atoms with van der Waals surface area (Å²) in [4.78, 5) is 26.0. The first kappa shape index (κ1) is 25.2. The van der Waals surface area contributed by atoms with Crippen LogP contribution in [0.25, 0.3) is 0 Å². The Bertz CT molecular complexity index is 1100. The van der Waals surface area contributed by atoms with Crippen LogP contribution in [0.5, 0.6) is 0 Å². The number of anilines is 3. The van der Waals surface area contributed by atoms with Gasteiger partial charge >= 0.3 is 0 Å². The zero-order chi connectivity index (χ0) is 25.3. The highest BCUT2D eigenvalue weighted by molar-refractivity contribution is 5.91. The van der Waals surface area contributed by atoms with Gasteiger partial charge in [-0.05, 0) is 80.5 Å². The average Bonchev–Trinajstić information content (AvgIpc) is 2.97. The standard InChI is InChI=1S/C30H38N6O/c37-29(14-9-24-6-2-1-3-7-24)34-27-10-12-28(13-11-27)35-20-15-26(16-21-35)33-22-25-8-4-19-36(23-25)30-31-17-5-18-32-30/h1-3,5-7,10-13,17-18,25-26,33H,4,8-9,14-16,19-23H2,(H,34,37)/t25-/m0/s1. The molecule has 2 fully saturated rings. The van der Waals surface area contributed by atoms with Crippen molar-refractivity contribution in [2.75, 3.05) is 47.8 Å². The van der Waals surface area contributed by atoms with Crippen LogP contribution in [0.2, 0.25) is 0 Å². The van der Waals surface area contributed by atoms with E-state index in [1.807, 2.05) is 48.8 Å². The highest BCUT2D eigenvalue weighted by Gasteiger charge is 2.24. The summed E-state index contributed by atoms with van der Waals surface area (Å²) in [5.41, 5.74) is 3.28. The van der Waals surface area contributed by atoms with Crippen molar-refractivity contribution in [1.29, 1.82) is 0 Å². The number of hydrogen-bond acceptors (Lipinski definition) is 6. The molecule has 0 aliphatic carbocycles. The first-order valence-corrected chi connectivity index (χ1v) is 13.7. The summed E-state index contributed by atoms with van der Waals surface area (Å²) < 4.78 is 0. The molecule has 0 radical (unpaired) electrons. The quantitative estimate of drug-likeness (QED) is 0.452. The Balaban J connectivity index is 1.02. The normalized spacial score (nSPS) is 18.5. The van der Waals surface area contributed by atoms with Gasteiger partial charge in [0.25, 0.3) is 0 Å². The van der Waals surface area contributed by atoms with E-state index in [1.165, 1.54) is 24.1 Å². The zero-order valence-corrected chi connectivity index (χ0v) is 21.6. The van der Waals surface area contributed by atoms with Crippen molar-refractivity contribution in [2.45, 2.75) is 44.6 Å². The topological polar surface area (TPSA) is 73.4 Å². The fourth-order valence-electron chi connectivity index (χ4n) is 5.42. The molecule has 3 aromatic rings. The molecule has 1 atom stereocenters. The predicted octanol–water partition coefficient (Wildman–Crippen LogP) is 4.52. The Morgan fingerprint density at radius 2 is 1.62 bits per heavy atom. The van der Waals surface area contributed by atoms with E-state index < -0.39 is 0 Å². The van der Waals surface area contributed by atoms with Crippen molar-refractivity contribution in [2.24, 2.45) is 5.92 Å². The molecule has 37 heavy (non-hydrogen) atoms. The highest BCUT2D eigenvalue weighted by Crippen LogP contribution is 2.24. The molecule has 2 aliphatic rings. The van der Waals surface area contributed by atoms with Crippen molar-refractivity contribution in [3.63, 3.8) is 0 Å². The number of aryl methyl sites for hydroxylation is 1. The molecule has 194 valence electrons. The van der Waals surface area contributed by atoms with Gasteiger partial charge in [0.2, 0.25) is 11.9 Å². The van der Waals surface area contributed by atoms with Crippen LogP contribution in [-0.2, 0) is 11.2 Å². The van der Waals surface area contributed by atoms with Crippen molar-refractivity contribution in [1.82, 2.24) is 15.3 Å². The van der Waals surface area contributed by atoms with Crippen molar-refractivity contribution in [3.8, 4) is 0 Å². The number of aromatic nitrogens is 2. The van der Waals surface area contributed by atoms with Crippen molar-refractivity contribution < 1.29 is 4.79 Å². The Morgan fingerprint density at radius 3 is 2.38 bits per heavy atom. The summed E-state index contributed by atoms with van der Waals surface area (Å²) in [5.74, 6) is 1.56. The van der Waals surface area contributed by atoms with Crippen molar-refractivity contribution in [3.05, 3.63) is 78.6 Å². The molecule has 2 aromatic carbocycles. The molecule has 7 nitrogen and oxygen atoms in total. The van der Waals surface area contributed by atoms with Gasteiger partial charge in [-0.3, -0.25) is 4.79 Å². The number of benzene rings is 2. The summed E-state index contributed by atoms with van der Waals surface area (Å²) in [6.45, 7) is 5.25. The van der Waals surface area contributed by atoms with Crippen LogP contribution in [0.15, 0.2) is 73.1 Å². The summed E-state index contributed by atoms with van der Waals surface area (Å²) in [5, 5.41) is 6.88. The minimum atomic E-state index is 0.0564. The molecule has 3 heterocycles. The van der Waals surface area contributed by atoms with Gasteiger partial charge in [-0.1, -0.05) is 30.3 Å². The van der Waals surface area contributed by atoms with E-state index in [9.17, 15) is 4.79 Å². The number of amides is 1. The first-order valence-electron chi connectivity index (χ1n) is 13.7. The molecule has 7 heteroatoms. The molecule has 5 rings (SSSR count). The van der Waals surface area contributed by atoms with E-state index in [0.717, 1.165) is 63.6 Å². The third-order valence-corrected chi connectivity index (χ3v) is 7.54. The minimum absolute atomic E-state index is 0.0564. The molecule has 1 aromatic heterocycles. The van der Waals surface area contributed by atoms with E-state index in [0.29, 0.717) is 18.4 Å². The second-order valence-electron chi connectivity index (χ2n) is 10.3. The lowest BCUT2D eigenvalue weighted by Crippen LogP contribution is -2.46. The third-order valence-electron chi connectivity index (χ3n) is 7.54. The van der Waals surface area contributed by atoms with E-state index in [1.54, 1.807) is 0 Å². The summed E-state index contributed by atoms with van der Waals surface area (Å²) >= 11 is 0. The van der Waals surface area contributed by atoms with Gasteiger partial charge in [-0.15, -0.1) is 0 Å². The SMILES string of the molecule is O=C(CCc1ccccc1)Nc1ccc(N2CCC(NC[C@@H]3CCCN(c4ncccn4)C3)CC2)cc1. The molecular formula is C30H38N6O. The Kier molecular flexibility index (Phi) is 8.64. The molecule has 0 unspecified atom stereocenters.